The van der Waals surface area contributed by atoms with Gasteiger partial charge in [0.1, 0.15) is 24.7 Å². The molecule has 1 aromatic heterocycles. The molecule has 1 fully saturated rings. The van der Waals surface area contributed by atoms with Gasteiger partial charge in [0, 0.05) is 20.1 Å². The van der Waals surface area contributed by atoms with Crippen molar-refractivity contribution in [3.05, 3.63) is 30.1 Å². The number of hydrogen-bond acceptors (Lipinski definition) is 3. The minimum atomic E-state index is -0.903. The number of aryl methyl sites for hydroxylation is 1. The molecule has 1 aliphatic heterocycles. The summed E-state index contributed by atoms with van der Waals surface area (Å²) in [6.07, 6.45) is -1.25. The summed E-state index contributed by atoms with van der Waals surface area (Å²) in [6, 6.07) is 7.94. The third kappa shape index (κ3) is 2.35. The van der Waals surface area contributed by atoms with Crippen LogP contribution in [0.4, 0.5) is 4.39 Å². The smallest absolute Gasteiger partial charge is 0.140 e. The molecule has 0 unspecified atom stereocenters. The number of imidazole rings is 1. The fraction of sp³-hybridized carbons (Fsp3) is 0.500. The molecule has 5 heteroatoms. The quantitative estimate of drug-likeness (QED) is 0.845. The summed E-state index contributed by atoms with van der Waals surface area (Å²) in [5.74, 6) is 0.836. The molecule has 2 heterocycles. The number of alkyl halides is 1. The molecule has 0 spiro atoms. The molecule has 0 amide bonds. The number of aromatic nitrogens is 2. The molecule has 19 heavy (non-hydrogen) atoms. The van der Waals surface area contributed by atoms with Gasteiger partial charge in [0.05, 0.1) is 11.0 Å². The monoisotopic (exact) mass is 263 g/mol. The normalized spacial score (nSPS) is 24.4. The van der Waals surface area contributed by atoms with Crippen molar-refractivity contribution in [2.24, 2.45) is 7.05 Å². The lowest BCUT2D eigenvalue weighted by molar-refractivity contribution is 0.00815. The zero-order valence-electron chi connectivity index (χ0n) is 11.2. The SMILES string of the molecule is CN1C[C@@H](F)[C@@H](OCc2nc3ccccc3n2C)C1. The lowest BCUT2D eigenvalue weighted by Crippen LogP contribution is -2.24. The Labute approximate surface area is 111 Å². The van der Waals surface area contributed by atoms with E-state index in [4.69, 9.17) is 4.74 Å². The molecule has 2 atom stereocenters. The van der Waals surface area contributed by atoms with Crippen LogP contribution in [0.5, 0.6) is 0 Å². The number of fused-ring (bicyclic) bond motifs is 1. The molecule has 3 rings (SSSR count). The average Bonchev–Trinajstić information content (AvgIpc) is 2.88. The fourth-order valence-electron chi connectivity index (χ4n) is 2.57. The number of nitrogens with zero attached hydrogens (tertiary/aromatic N) is 3. The summed E-state index contributed by atoms with van der Waals surface area (Å²) in [5, 5.41) is 0. The lowest BCUT2D eigenvalue weighted by atomic mass is 10.3. The molecule has 4 nitrogen and oxygen atoms in total. The van der Waals surface area contributed by atoms with Gasteiger partial charge in [-0.25, -0.2) is 9.37 Å². The van der Waals surface area contributed by atoms with Crippen molar-refractivity contribution in [2.75, 3.05) is 20.1 Å². The van der Waals surface area contributed by atoms with E-state index < -0.39 is 6.17 Å². The Kier molecular flexibility index (Phi) is 3.24. The molecule has 1 aromatic carbocycles. The van der Waals surface area contributed by atoms with Crippen molar-refractivity contribution in [3.8, 4) is 0 Å². The van der Waals surface area contributed by atoms with Crippen molar-refractivity contribution >= 4 is 11.0 Å². The van der Waals surface area contributed by atoms with Gasteiger partial charge in [0.15, 0.2) is 0 Å². The molecule has 0 aliphatic carbocycles. The van der Waals surface area contributed by atoms with Crippen molar-refractivity contribution in [2.45, 2.75) is 18.9 Å². The standard InChI is InChI=1S/C14H18FN3O/c1-17-7-10(15)13(8-17)19-9-14-16-11-5-3-4-6-12(11)18(14)2/h3-6,10,13H,7-9H2,1-2H3/t10-,13+/m1/s1. The van der Waals surface area contributed by atoms with Gasteiger partial charge >= 0.3 is 0 Å². The first-order valence-electron chi connectivity index (χ1n) is 6.49. The van der Waals surface area contributed by atoms with E-state index in [0.717, 1.165) is 16.9 Å². The minimum absolute atomic E-state index is 0.343. The maximum atomic E-state index is 13.7. The number of ether oxygens (including phenoxy) is 1. The number of halogens is 1. The van der Waals surface area contributed by atoms with Gasteiger partial charge in [-0.2, -0.15) is 0 Å². The Morgan fingerprint density at radius 3 is 2.79 bits per heavy atom. The highest BCUT2D eigenvalue weighted by Gasteiger charge is 2.31. The van der Waals surface area contributed by atoms with Gasteiger partial charge in [-0.3, -0.25) is 0 Å². The van der Waals surface area contributed by atoms with Crippen LogP contribution in [0, 0.1) is 0 Å². The molecule has 102 valence electrons. The second kappa shape index (κ2) is 4.90. The molecule has 1 aliphatic rings. The van der Waals surface area contributed by atoms with Crippen LogP contribution in [0.1, 0.15) is 5.82 Å². The molecule has 2 aromatic rings. The predicted octanol–water partition coefficient (Wildman–Crippen LogP) is 1.74. The zero-order valence-corrected chi connectivity index (χ0v) is 11.2. The molecule has 0 bridgehead atoms. The first-order valence-corrected chi connectivity index (χ1v) is 6.49. The summed E-state index contributed by atoms with van der Waals surface area (Å²) in [5.41, 5.74) is 2.02. The summed E-state index contributed by atoms with van der Waals surface area (Å²) in [7, 11) is 3.87. The third-order valence-electron chi connectivity index (χ3n) is 3.69. The number of para-hydroxylation sites is 2. The Bertz CT molecular complexity index is 583. The van der Waals surface area contributed by atoms with E-state index in [1.807, 2.05) is 47.8 Å². The summed E-state index contributed by atoms with van der Waals surface area (Å²) >= 11 is 0. The van der Waals surface area contributed by atoms with Crippen LogP contribution in [0.15, 0.2) is 24.3 Å². The van der Waals surface area contributed by atoms with E-state index in [1.54, 1.807) is 0 Å². The number of likely N-dealkylation sites (tertiary alicyclic amines) is 1. The van der Waals surface area contributed by atoms with E-state index in [-0.39, 0.29) is 6.10 Å². The van der Waals surface area contributed by atoms with Crippen LogP contribution in [0.3, 0.4) is 0 Å². The van der Waals surface area contributed by atoms with Gasteiger partial charge in [-0.05, 0) is 19.2 Å². The summed E-state index contributed by atoms with van der Waals surface area (Å²) in [4.78, 5) is 6.47. The number of rotatable bonds is 3. The van der Waals surface area contributed by atoms with Crippen LogP contribution in [-0.4, -0.2) is 46.9 Å². The van der Waals surface area contributed by atoms with Gasteiger partial charge < -0.3 is 14.2 Å². The van der Waals surface area contributed by atoms with E-state index in [9.17, 15) is 4.39 Å². The second-order valence-corrected chi connectivity index (χ2v) is 5.16. The molecule has 0 N–H and O–H groups in total. The second-order valence-electron chi connectivity index (χ2n) is 5.16. The molecular weight excluding hydrogens is 245 g/mol. The molecule has 0 radical (unpaired) electrons. The zero-order chi connectivity index (χ0) is 13.4. The molecule has 0 saturated carbocycles. The maximum Gasteiger partial charge on any atom is 0.140 e. The van der Waals surface area contributed by atoms with E-state index in [0.29, 0.717) is 19.7 Å². The lowest BCUT2D eigenvalue weighted by Gasteiger charge is -2.13. The Hall–Kier alpha value is -1.46. The van der Waals surface area contributed by atoms with Gasteiger partial charge in [-0.1, -0.05) is 12.1 Å². The number of likely N-dealkylation sites (N-methyl/N-ethyl adjacent to an activating group) is 1. The maximum absolute atomic E-state index is 13.7. The summed E-state index contributed by atoms with van der Waals surface area (Å²) < 4.78 is 21.3. The molecule has 1 saturated heterocycles. The van der Waals surface area contributed by atoms with E-state index in [1.165, 1.54) is 0 Å². The highest BCUT2D eigenvalue weighted by molar-refractivity contribution is 5.75. The van der Waals surface area contributed by atoms with E-state index in [2.05, 4.69) is 4.98 Å². The van der Waals surface area contributed by atoms with Crippen LogP contribution >= 0.6 is 0 Å². The molecular formula is C14H18FN3O. The number of benzene rings is 1. The Morgan fingerprint density at radius 1 is 1.32 bits per heavy atom. The average molecular weight is 263 g/mol. The van der Waals surface area contributed by atoms with E-state index >= 15 is 0 Å². The predicted molar refractivity (Wildman–Crippen MR) is 71.7 cm³/mol. The van der Waals surface area contributed by atoms with Gasteiger partial charge in [0.25, 0.3) is 0 Å². The van der Waals surface area contributed by atoms with Crippen molar-refractivity contribution in [3.63, 3.8) is 0 Å². The van der Waals surface area contributed by atoms with Crippen LogP contribution in [0.2, 0.25) is 0 Å². The van der Waals surface area contributed by atoms with Gasteiger partial charge in [0.2, 0.25) is 0 Å². The third-order valence-corrected chi connectivity index (χ3v) is 3.69. The highest BCUT2D eigenvalue weighted by Crippen LogP contribution is 2.19. The fourth-order valence-corrected chi connectivity index (χ4v) is 2.57. The largest absolute Gasteiger partial charge is 0.366 e. The summed E-state index contributed by atoms with van der Waals surface area (Å²) in [6.45, 7) is 1.45. The Morgan fingerprint density at radius 2 is 2.11 bits per heavy atom. The number of hydrogen-bond donors (Lipinski definition) is 0. The van der Waals surface area contributed by atoms with Crippen LogP contribution in [-0.2, 0) is 18.4 Å². The Balaban J connectivity index is 1.73. The first kappa shape index (κ1) is 12.6. The van der Waals surface area contributed by atoms with Crippen LogP contribution < -0.4 is 0 Å². The first-order chi connectivity index (χ1) is 9.15. The topological polar surface area (TPSA) is 30.3 Å². The minimum Gasteiger partial charge on any atom is -0.366 e. The van der Waals surface area contributed by atoms with Gasteiger partial charge in [-0.15, -0.1) is 0 Å². The van der Waals surface area contributed by atoms with Crippen LogP contribution in [0.25, 0.3) is 11.0 Å². The van der Waals surface area contributed by atoms with Crippen molar-refractivity contribution in [1.29, 1.82) is 0 Å². The van der Waals surface area contributed by atoms with Crippen molar-refractivity contribution < 1.29 is 9.13 Å². The van der Waals surface area contributed by atoms with Crippen molar-refractivity contribution in [1.82, 2.24) is 14.5 Å². The highest BCUT2D eigenvalue weighted by atomic mass is 19.1.